The first kappa shape index (κ1) is 19.8. The smallest absolute Gasteiger partial charge is 0.255 e. The molecular weight excluding hydrogens is 384 g/mol. The highest BCUT2D eigenvalue weighted by Gasteiger charge is 2.26. The van der Waals surface area contributed by atoms with Crippen LogP contribution in [0, 0.1) is 19.8 Å². The second kappa shape index (κ2) is 8.48. The van der Waals surface area contributed by atoms with Crippen LogP contribution in [0.5, 0.6) is 0 Å². The minimum absolute atomic E-state index is 0.139. The lowest BCUT2D eigenvalue weighted by atomic mass is 9.94. The normalized spacial score (nSPS) is 15.5. The Morgan fingerprint density at radius 2 is 2.10 bits per heavy atom. The maximum atomic E-state index is 12.8. The van der Waals surface area contributed by atoms with Gasteiger partial charge in [0.1, 0.15) is 5.76 Å². The Kier molecular flexibility index (Phi) is 5.60. The first-order valence-corrected chi connectivity index (χ1v) is 9.95. The van der Waals surface area contributed by atoms with E-state index >= 15 is 0 Å². The van der Waals surface area contributed by atoms with Gasteiger partial charge in [-0.1, -0.05) is 5.16 Å². The van der Waals surface area contributed by atoms with Crippen molar-refractivity contribution in [2.24, 2.45) is 5.92 Å². The highest BCUT2D eigenvalue weighted by molar-refractivity contribution is 5.95. The zero-order valence-corrected chi connectivity index (χ0v) is 17.0. The molecule has 2 N–H and O–H groups in total. The van der Waals surface area contributed by atoms with E-state index in [0.717, 1.165) is 29.9 Å². The lowest BCUT2D eigenvalue weighted by molar-refractivity contribution is 0.0933. The first-order valence-electron chi connectivity index (χ1n) is 9.95. The number of nitrogens with one attached hydrogen (secondary N) is 2. The molecule has 0 unspecified atom stereocenters. The number of carbonyl (C=O) groups excluding carboxylic acids is 2. The van der Waals surface area contributed by atoms with Crippen LogP contribution in [0.3, 0.4) is 0 Å². The van der Waals surface area contributed by atoms with Crippen molar-refractivity contribution in [3.05, 3.63) is 64.6 Å². The Balaban J connectivity index is 1.37. The molecule has 1 aliphatic heterocycles. The Bertz CT molecular complexity index is 1040. The molecule has 2 amide bonds. The number of amides is 2. The Labute approximate surface area is 173 Å². The molecule has 4 heterocycles. The van der Waals surface area contributed by atoms with Crippen LogP contribution in [0.25, 0.3) is 0 Å². The third kappa shape index (κ3) is 4.10. The molecule has 156 valence electrons. The van der Waals surface area contributed by atoms with E-state index in [-0.39, 0.29) is 17.7 Å². The first-order chi connectivity index (χ1) is 14.5. The van der Waals surface area contributed by atoms with Gasteiger partial charge in [-0.05, 0) is 44.7 Å². The van der Waals surface area contributed by atoms with Crippen LogP contribution in [0.2, 0.25) is 0 Å². The summed E-state index contributed by atoms with van der Waals surface area (Å²) in [4.78, 5) is 29.0. The van der Waals surface area contributed by atoms with E-state index in [1.807, 2.05) is 18.5 Å². The number of fused-ring (bicyclic) bond motifs is 1. The number of aromatic nitrogens is 4. The minimum Gasteiger partial charge on any atom is -0.361 e. The molecule has 3 aromatic heterocycles. The lowest BCUT2D eigenvalue weighted by Crippen LogP contribution is -2.34. The van der Waals surface area contributed by atoms with Gasteiger partial charge in [-0.25, -0.2) is 0 Å². The van der Waals surface area contributed by atoms with Gasteiger partial charge in [0.25, 0.3) is 11.8 Å². The van der Waals surface area contributed by atoms with E-state index < -0.39 is 0 Å². The van der Waals surface area contributed by atoms with Gasteiger partial charge in [0.15, 0.2) is 0 Å². The number of pyridine rings is 1. The SMILES string of the molecule is Cc1noc(C)c1CNC(=O)c1cnn2c1C[C@@H](CNC(=O)c1cccnc1)CC2. The van der Waals surface area contributed by atoms with Crippen molar-refractivity contribution >= 4 is 11.8 Å². The van der Waals surface area contributed by atoms with Gasteiger partial charge < -0.3 is 15.2 Å². The molecule has 9 heteroatoms. The van der Waals surface area contributed by atoms with Crippen molar-refractivity contribution in [2.45, 2.75) is 39.8 Å². The Hall–Kier alpha value is -3.49. The number of aryl methyl sites for hydroxylation is 3. The quantitative estimate of drug-likeness (QED) is 0.643. The van der Waals surface area contributed by atoms with Crippen molar-refractivity contribution in [2.75, 3.05) is 6.54 Å². The molecule has 0 radical (unpaired) electrons. The molecule has 0 aromatic carbocycles. The topological polar surface area (TPSA) is 115 Å². The van der Waals surface area contributed by atoms with Gasteiger partial charge >= 0.3 is 0 Å². The van der Waals surface area contributed by atoms with Crippen molar-refractivity contribution in [1.29, 1.82) is 0 Å². The largest absolute Gasteiger partial charge is 0.361 e. The highest BCUT2D eigenvalue weighted by Crippen LogP contribution is 2.23. The summed E-state index contributed by atoms with van der Waals surface area (Å²) in [6, 6.07) is 3.47. The van der Waals surface area contributed by atoms with Gasteiger partial charge in [0.05, 0.1) is 28.7 Å². The summed E-state index contributed by atoms with van der Waals surface area (Å²) < 4.78 is 7.02. The molecule has 1 aliphatic rings. The molecule has 4 rings (SSSR count). The molecule has 1 atom stereocenters. The fourth-order valence-electron chi connectivity index (χ4n) is 3.72. The number of hydrogen-bond acceptors (Lipinski definition) is 6. The van der Waals surface area contributed by atoms with Gasteiger partial charge in [-0.2, -0.15) is 5.10 Å². The summed E-state index contributed by atoms with van der Waals surface area (Å²) in [7, 11) is 0. The molecule has 0 saturated heterocycles. The second-order valence-electron chi connectivity index (χ2n) is 7.52. The summed E-state index contributed by atoms with van der Waals surface area (Å²) in [6.07, 6.45) is 6.38. The van der Waals surface area contributed by atoms with E-state index in [1.165, 1.54) is 0 Å². The summed E-state index contributed by atoms with van der Waals surface area (Å²) in [5.41, 5.74) is 3.68. The van der Waals surface area contributed by atoms with Crippen molar-refractivity contribution in [3.8, 4) is 0 Å². The molecule has 0 fully saturated rings. The van der Waals surface area contributed by atoms with Crippen LogP contribution < -0.4 is 10.6 Å². The summed E-state index contributed by atoms with van der Waals surface area (Å²) >= 11 is 0. The maximum absolute atomic E-state index is 12.8. The molecule has 0 saturated carbocycles. The van der Waals surface area contributed by atoms with Crippen LogP contribution in [-0.2, 0) is 19.5 Å². The van der Waals surface area contributed by atoms with E-state index in [1.54, 1.807) is 30.7 Å². The van der Waals surface area contributed by atoms with Crippen LogP contribution in [0.1, 0.15) is 49.8 Å². The summed E-state index contributed by atoms with van der Waals surface area (Å²) in [6.45, 7) is 5.30. The van der Waals surface area contributed by atoms with Crippen LogP contribution in [0.4, 0.5) is 0 Å². The average Bonchev–Trinajstić information content (AvgIpc) is 3.33. The number of hydrogen-bond donors (Lipinski definition) is 2. The van der Waals surface area contributed by atoms with Gasteiger partial charge in [0.2, 0.25) is 0 Å². The fraction of sp³-hybridized carbons (Fsp3) is 0.381. The monoisotopic (exact) mass is 408 g/mol. The number of nitrogens with zero attached hydrogens (tertiary/aromatic N) is 4. The fourth-order valence-corrected chi connectivity index (χ4v) is 3.72. The average molecular weight is 408 g/mol. The molecule has 9 nitrogen and oxygen atoms in total. The Morgan fingerprint density at radius 3 is 2.83 bits per heavy atom. The third-order valence-corrected chi connectivity index (χ3v) is 5.51. The minimum atomic E-state index is -0.170. The molecule has 30 heavy (non-hydrogen) atoms. The molecule has 3 aromatic rings. The second-order valence-corrected chi connectivity index (χ2v) is 7.52. The lowest BCUT2D eigenvalue weighted by Gasteiger charge is -2.24. The van der Waals surface area contributed by atoms with Gasteiger partial charge in [0, 0.05) is 37.6 Å². The summed E-state index contributed by atoms with van der Waals surface area (Å²) in [5.74, 6) is 0.633. The highest BCUT2D eigenvalue weighted by atomic mass is 16.5. The zero-order valence-electron chi connectivity index (χ0n) is 17.0. The molecular formula is C21H24N6O3. The Morgan fingerprint density at radius 1 is 1.23 bits per heavy atom. The van der Waals surface area contributed by atoms with Crippen LogP contribution in [-0.4, -0.2) is 38.3 Å². The molecule has 0 aliphatic carbocycles. The number of rotatable bonds is 6. The maximum Gasteiger partial charge on any atom is 0.255 e. The predicted molar refractivity (Wildman–Crippen MR) is 108 cm³/mol. The van der Waals surface area contributed by atoms with Crippen molar-refractivity contribution < 1.29 is 14.1 Å². The summed E-state index contributed by atoms with van der Waals surface area (Å²) in [5, 5.41) is 14.2. The van der Waals surface area contributed by atoms with Crippen LogP contribution >= 0.6 is 0 Å². The zero-order chi connectivity index (χ0) is 21.1. The van der Waals surface area contributed by atoms with Crippen molar-refractivity contribution in [1.82, 2.24) is 30.6 Å². The number of carbonyl (C=O) groups is 2. The van der Waals surface area contributed by atoms with Gasteiger partial charge in [-0.3, -0.25) is 19.3 Å². The van der Waals surface area contributed by atoms with Crippen LogP contribution in [0.15, 0.2) is 35.2 Å². The van der Waals surface area contributed by atoms with Gasteiger partial charge in [-0.15, -0.1) is 0 Å². The van der Waals surface area contributed by atoms with E-state index in [2.05, 4.69) is 25.9 Å². The molecule has 0 bridgehead atoms. The van der Waals surface area contributed by atoms with Crippen molar-refractivity contribution in [3.63, 3.8) is 0 Å². The molecule has 0 spiro atoms. The third-order valence-electron chi connectivity index (χ3n) is 5.51. The van der Waals surface area contributed by atoms with E-state index in [0.29, 0.717) is 36.4 Å². The van der Waals surface area contributed by atoms with E-state index in [4.69, 9.17) is 4.52 Å². The standard InChI is InChI=1S/C21H24N6O3/c1-13-17(14(2)30-26-13)11-24-21(29)18-12-25-27-7-5-15(8-19(18)27)9-23-20(28)16-4-3-6-22-10-16/h3-4,6,10,12,15H,5,7-9,11H2,1-2H3,(H,23,28)(H,24,29)/t15-/m0/s1. The predicted octanol–water partition coefficient (Wildman–Crippen LogP) is 1.81. The van der Waals surface area contributed by atoms with E-state index in [9.17, 15) is 9.59 Å².